The van der Waals surface area contributed by atoms with Crippen LogP contribution in [-0.2, 0) is 0 Å². The number of hydrogen-bond donors (Lipinski definition) is 1. The van der Waals surface area contributed by atoms with Crippen molar-refractivity contribution in [3.8, 4) is 11.8 Å². The summed E-state index contributed by atoms with van der Waals surface area (Å²) in [6, 6.07) is 2.37. The van der Waals surface area contributed by atoms with Crippen LogP contribution >= 0.6 is 0 Å². The molecule has 2 aromatic rings. The lowest BCUT2D eigenvalue weighted by atomic mass is 10.0. The summed E-state index contributed by atoms with van der Waals surface area (Å²) >= 11 is 0. The number of halogens is 2. The SMILES string of the molecule is COc1cnc(C(O)c2c(F)ccc(C)c2F)c(OC)n1. The van der Waals surface area contributed by atoms with Crippen molar-refractivity contribution in [2.45, 2.75) is 13.0 Å². The van der Waals surface area contributed by atoms with Gasteiger partial charge in [0, 0.05) is 0 Å². The zero-order valence-electron chi connectivity index (χ0n) is 11.7. The number of aryl methyl sites for hydroxylation is 1. The standard InChI is InChI=1S/C14H14F2N2O3/c1-7-4-5-8(15)10(11(7)16)13(19)12-14(21-3)18-9(20-2)6-17-12/h4-6,13,19H,1-3H3. The average Bonchev–Trinajstić information content (AvgIpc) is 2.50. The molecule has 0 spiro atoms. The molecule has 0 saturated heterocycles. The van der Waals surface area contributed by atoms with Crippen molar-refractivity contribution in [3.05, 3.63) is 46.8 Å². The molecule has 0 saturated carbocycles. The normalized spacial score (nSPS) is 12.1. The first-order chi connectivity index (χ1) is 9.99. The molecule has 1 heterocycles. The van der Waals surface area contributed by atoms with Crippen LogP contribution in [0, 0.1) is 18.6 Å². The maximum Gasteiger partial charge on any atom is 0.241 e. The lowest BCUT2D eigenvalue weighted by Gasteiger charge is -2.16. The molecule has 2 rings (SSSR count). The van der Waals surface area contributed by atoms with E-state index in [9.17, 15) is 13.9 Å². The number of aliphatic hydroxyl groups is 1. The fourth-order valence-corrected chi connectivity index (χ4v) is 1.87. The van der Waals surface area contributed by atoms with Crippen LogP contribution in [0.15, 0.2) is 18.3 Å². The van der Waals surface area contributed by atoms with E-state index in [1.54, 1.807) is 0 Å². The third kappa shape index (κ3) is 2.78. The Bertz CT molecular complexity index is 665. The second-order valence-electron chi connectivity index (χ2n) is 4.30. The van der Waals surface area contributed by atoms with Gasteiger partial charge in [0.05, 0.1) is 26.0 Å². The minimum absolute atomic E-state index is 0.0674. The highest BCUT2D eigenvalue weighted by Gasteiger charge is 2.26. The lowest BCUT2D eigenvalue weighted by Crippen LogP contribution is -2.11. The maximum atomic E-state index is 14.1. The summed E-state index contributed by atoms with van der Waals surface area (Å²) in [6.07, 6.45) is -0.412. The largest absolute Gasteiger partial charge is 0.480 e. The van der Waals surface area contributed by atoms with Gasteiger partial charge in [-0.05, 0) is 18.6 Å². The molecule has 0 amide bonds. The molecule has 1 aromatic heterocycles. The van der Waals surface area contributed by atoms with Gasteiger partial charge in [-0.3, -0.25) is 0 Å². The van der Waals surface area contributed by atoms with Crippen molar-refractivity contribution in [3.63, 3.8) is 0 Å². The van der Waals surface area contributed by atoms with Crippen LogP contribution in [0.3, 0.4) is 0 Å². The molecule has 1 N–H and O–H groups in total. The predicted octanol–water partition coefficient (Wildman–Crippen LogP) is 2.16. The van der Waals surface area contributed by atoms with Gasteiger partial charge in [-0.15, -0.1) is 0 Å². The van der Waals surface area contributed by atoms with Gasteiger partial charge in [0.1, 0.15) is 23.4 Å². The molecule has 0 bridgehead atoms. The van der Waals surface area contributed by atoms with E-state index in [0.29, 0.717) is 0 Å². The summed E-state index contributed by atoms with van der Waals surface area (Å²) in [5.41, 5.74) is -0.375. The lowest BCUT2D eigenvalue weighted by molar-refractivity contribution is 0.196. The van der Waals surface area contributed by atoms with Gasteiger partial charge in [0.2, 0.25) is 11.8 Å². The first-order valence-corrected chi connectivity index (χ1v) is 6.07. The Kier molecular flexibility index (Phi) is 4.32. The van der Waals surface area contributed by atoms with Gasteiger partial charge in [-0.2, -0.15) is 4.98 Å². The van der Waals surface area contributed by atoms with Crippen LogP contribution in [0.1, 0.15) is 22.9 Å². The number of ether oxygens (including phenoxy) is 2. The summed E-state index contributed by atoms with van der Waals surface area (Å²) in [5, 5.41) is 10.3. The number of hydrogen-bond acceptors (Lipinski definition) is 5. The molecule has 1 unspecified atom stereocenters. The van der Waals surface area contributed by atoms with Crippen molar-refractivity contribution in [1.29, 1.82) is 0 Å². The summed E-state index contributed by atoms with van der Waals surface area (Å²) < 4.78 is 37.8. The van der Waals surface area contributed by atoms with Crippen LogP contribution in [0.4, 0.5) is 8.78 Å². The Morgan fingerprint density at radius 2 is 1.90 bits per heavy atom. The van der Waals surface area contributed by atoms with Crippen LogP contribution in [0.2, 0.25) is 0 Å². The van der Waals surface area contributed by atoms with E-state index in [0.717, 1.165) is 6.07 Å². The molecule has 1 aromatic carbocycles. The summed E-state index contributed by atoms with van der Waals surface area (Å²) in [5.74, 6) is -1.61. The summed E-state index contributed by atoms with van der Waals surface area (Å²) in [6.45, 7) is 1.47. The molecule has 1 atom stereocenters. The molecule has 0 aliphatic heterocycles. The van der Waals surface area contributed by atoms with Gasteiger partial charge >= 0.3 is 0 Å². The number of aromatic nitrogens is 2. The topological polar surface area (TPSA) is 64.5 Å². The fourth-order valence-electron chi connectivity index (χ4n) is 1.87. The summed E-state index contributed by atoms with van der Waals surface area (Å²) in [4.78, 5) is 7.84. The molecule has 0 aliphatic rings. The monoisotopic (exact) mass is 296 g/mol. The third-order valence-electron chi connectivity index (χ3n) is 3.00. The molecular weight excluding hydrogens is 282 g/mol. The van der Waals surface area contributed by atoms with Crippen molar-refractivity contribution >= 4 is 0 Å². The Balaban J connectivity index is 2.55. The highest BCUT2D eigenvalue weighted by Crippen LogP contribution is 2.32. The number of rotatable bonds is 4. The molecule has 0 fully saturated rings. The van der Waals surface area contributed by atoms with Crippen LogP contribution in [0.5, 0.6) is 11.8 Å². The van der Waals surface area contributed by atoms with Crippen molar-refractivity contribution in [1.82, 2.24) is 9.97 Å². The van der Waals surface area contributed by atoms with Crippen molar-refractivity contribution in [2.24, 2.45) is 0 Å². The number of nitrogens with zero attached hydrogens (tertiary/aromatic N) is 2. The first kappa shape index (κ1) is 15.1. The first-order valence-electron chi connectivity index (χ1n) is 6.07. The molecular formula is C14H14F2N2O3. The predicted molar refractivity (Wildman–Crippen MR) is 70.3 cm³/mol. The van der Waals surface area contributed by atoms with Gasteiger partial charge in [0.25, 0.3) is 0 Å². The van der Waals surface area contributed by atoms with Crippen molar-refractivity contribution in [2.75, 3.05) is 14.2 Å². The summed E-state index contributed by atoms with van der Waals surface area (Å²) in [7, 11) is 2.70. The highest BCUT2D eigenvalue weighted by molar-refractivity contribution is 5.36. The zero-order chi connectivity index (χ0) is 15.6. The Labute approximate surface area is 120 Å². The van der Waals surface area contributed by atoms with Gasteiger partial charge < -0.3 is 14.6 Å². The molecule has 7 heteroatoms. The smallest absolute Gasteiger partial charge is 0.241 e. The minimum Gasteiger partial charge on any atom is -0.480 e. The second kappa shape index (κ2) is 6.01. The van der Waals surface area contributed by atoms with E-state index in [1.165, 1.54) is 33.4 Å². The minimum atomic E-state index is -1.64. The number of aliphatic hydroxyl groups excluding tert-OH is 1. The van der Waals surface area contributed by atoms with E-state index in [2.05, 4.69) is 9.97 Å². The Morgan fingerprint density at radius 3 is 2.52 bits per heavy atom. The quantitative estimate of drug-likeness (QED) is 0.936. The van der Waals surface area contributed by atoms with Crippen LogP contribution in [0.25, 0.3) is 0 Å². The molecule has 21 heavy (non-hydrogen) atoms. The highest BCUT2D eigenvalue weighted by atomic mass is 19.1. The zero-order valence-corrected chi connectivity index (χ0v) is 11.7. The van der Waals surface area contributed by atoms with E-state index < -0.39 is 23.3 Å². The number of benzene rings is 1. The van der Waals surface area contributed by atoms with Crippen LogP contribution < -0.4 is 9.47 Å². The number of methoxy groups -OCH3 is 2. The fraction of sp³-hybridized carbons (Fsp3) is 0.286. The van der Waals surface area contributed by atoms with E-state index >= 15 is 0 Å². The average molecular weight is 296 g/mol. The maximum absolute atomic E-state index is 14.1. The van der Waals surface area contributed by atoms with E-state index in [-0.39, 0.29) is 23.0 Å². The third-order valence-corrected chi connectivity index (χ3v) is 3.00. The van der Waals surface area contributed by atoms with Crippen LogP contribution in [-0.4, -0.2) is 29.3 Å². The molecule has 112 valence electrons. The molecule has 0 radical (unpaired) electrons. The van der Waals surface area contributed by atoms with Crippen molar-refractivity contribution < 1.29 is 23.4 Å². The molecule has 5 nitrogen and oxygen atoms in total. The second-order valence-corrected chi connectivity index (χ2v) is 4.30. The Hall–Kier alpha value is -2.28. The van der Waals surface area contributed by atoms with Gasteiger partial charge in [-0.25, -0.2) is 13.8 Å². The van der Waals surface area contributed by atoms with Gasteiger partial charge in [0.15, 0.2) is 0 Å². The van der Waals surface area contributed by atoms with Gasteiger partial charge in [-0.1, -0.05) is 6.07 Å². The molecule has 0 aliphatic carbocycles. The van der Waals surface area contributed by atoms with E-state index in [1.807, 2.05) is 0 Å². The van der Waals surface area contributed by atoms with E-state index in [4.69, 9.17) is 9.47 Å². The Morgan fingerprint density at radius 1 is 1.19 bits per heavy atom.